The number of aromatic nitrogens is 1. The number of carbonyl (C=O) groups is 1. The molecule has 1 aliphatic carbocycles. The quantitative estimate of drug-likeness (QED) is 0.868. The number of anilines is 2. The lowest BCUT2D eigenvalue weighted by molar-refractivity contribution is 0.262. The van der Waals surface area contributed by atoms with Gasteiger partial charge in [-0.05, 0) is 49.4 Å². The van der Waals surface area contributed by atoms with E-state index in [-0.39, 0.29) is 6.03 Å². The lowest BCUT2D eigenvalue weighted by Crippen LogP contribution is -2.19. The summed E-state index contributed by atoms with van der Waals surface area (Å²) in [5, 5.41) is 9.13. The molecule has 2 aromatic rings. The highest BCUT2D eigenvalue weighted by molar-refractivity contribution is 5.99. The molecule has 1 aromatic heterocycles. The van der Waals surface area contributed by atoms with Gasteiger partial charge in [-0.15, -0.1) is 0 Å². The molecule has 0 fully saturated rings. The minimum atomic E-state index is -0.314. The number of amides is 2. The Hall–Kier alpha value is -2.30. The number of nitrogens with one attached hydrogen (secondary N) is 2. The van der Waals surface area contributed by atoms with Crippen molar-refractivity contribution in [1.82, 2.24) is 5.16 Å². The third kappa shape index (κ3) is 2.59. The van der Waals surface area contributed by atoms with Crippen LogP contribution >= 0.6 is 0 Å². The minimum absolute atomic E-state index is 0.314. The predicted molar refractivity (Wildman–Crippen MR) is 72.3 cm³/mol. The van der Waals surface area contributed by atoms with Crippen molar-refractivity contribution in [1.29, 1.82) is 0 Å². The van der Waals surface area contributed by atoms with E-state index in [9.17, 15) is 4.79 Å². The Balaban J connectivity index is 1.66. The number of rotatable bonds is 2. The molecule has 2 amide bonds. The summed E-state index contributed by atoms with van der Waals surface area (Å²) in [6, 6.07) is 7.40. The van der Waals surface area contributed by atoms with Crippen molar-refractivity contribution >= 4 is 17.5 Å². The Morgan fingerprint density at radius 2 is 2.05 bits per heavy atom. The zero-order chi connectivity index (χ0) is 13.2. The zero-order valence-electron chi connectivity index (χ0n) is 10.7. The Labute approximate surface area is 111 Å². The maximum Gasteiger partial charge on any atom is 0.324 e. The predicted octanol–water partition coefficient (Wildman–Crippen LogP) is 3.12. The van der Waals surface area contributed by atoms with Gasteiger partial charge in [0.15, 0.2) is 5.82 Å². The summed E-state index contributed by atoms with van der Waals surface area (Å²) >= 11 is 0. The molecule has 0 saturated heterocycles. The first-order valence-electron chi connectivity index (χ1n) is 6.34. The fourth-order valence-electron chi connectivity index (χ4n) is 2.35. The van der Waals surface area contributed by atoms with Gasteiger partial charge in [0.25, 0.3) is 0 Å². The summed E-state index contributed by atoms with van der Waals surface area (Å²) in [6.07, 6.45) is 3.43. The highest BCUT2D eigenvalue weighted by atomic mass is 16.5. The van der Waals surface area contributed by atoms with Gasteiger partial charge in [0, 0.05) is 11.8 Å². The summed E-state index contributed by atoms with van der Waals surface area (Å²) in [6.45, 7) is 1.77. The van der Waals surface area contributed by atoms with Crippen molar-refractivity contribution in [2.45, 2.75) is 26.2 Å². The second-order valence-corrected chi connectivity index (χ2v) is 4.74. The number of urea groups is 1. The monoisotopic (exact) mass is 257 g/mol. The molecule has 5 nitrogen and oxygen atoms in total. The van der Waals surface area contributed by atoms with Gasteiger partial charge in [0.1, 0.15) is 5.76 Å². The van der Waals surface area contributed by atoms with Crippen molar-refractivity contribution in [3.8, 4) is 0 Å². The maximum absolute atomic E-state index is 11.8. The average Bonchev–Trinajstić information content (AvgIpc) is 2.97. The summed E-state index contributed by atoms with van der Waals surface area (Å²) in [5.74, 6) is 1.07. The van der Waals surface area contributed by atoms with Crippen LogP contribution in [0.15, 0.2) is 28.8 Å². The van der Waals surface area contributed by atoms with Crippen LogP contribution in [0.1, 0.15) is 23.3 Å². The molecule has 0 radical (unpaired) electrons. The number of hydrogen-bond acceptors (Lipinski definition) is 3. The fourth-order valence-corrected chi connectivity index (χ4v) is 2.35. The van der Waals surface area contributed by atoms with Crippen molar-refractivity contribution in [2.75, 3.05) is 10.6 Å². The number of hydrogen-bond donors (Lipinski definition) is 2. The molecule has 0 unspecified atom stereocenters. The molecule has 0 aliphatic heterocycles. The van der Waals surface area contributed by atoms with Crippen LogP contribution in [-0.4, -0.2) is 11.2 Å². The van der Waals surface area contributed by atoms with Crippen molar-refractivity contribution in [3.63, 3.8) is 0 Å². The summed E-state index contributed by atoms with van der Waals surface area (Å²) in [5.41, 5.74) is 3.52. The normalized spacial score (nSPS) is 13.1. The molecule has 5 heteroatoms. The number of aryl methyl sites for hydroxylation is 3. The molecule has 2 N–H and O–H groups in total. The molecule has 1 aliphatic rings. The third-order valence-electron chi connectivity index (χ3n) is 3.23. The van der Waals surface area contributed by atoms with E-state index in [0.717, 1.165) is 18.5 Å². The fraction of sp³-hybridized carbons (Fsp3) is 0.286. The molecule has 3 rings (SSSR count). The van der Waals surface area contributed by atoms with Gasteiger partial charge in [0.2, 0.25) is 0 Å². The zero-order valence-corrected chi connectivity index (χ0v) is 10.7. The van der Waals surface area contributed by atoms with E-state index in [4.69, 9.17) is 4.52 Å². The van der Waals surface area contributed by atoms with E-state index >= 15 is 0 Å². The Morgan fingerprint density at radius 1 is 1.21 bits per heavy atom. The lowest BCUT2D eigenvalue weighted by Gasteiger charge is -2.07. The van der Waals surface area contributed by atoms with Crippen LogP contribution < -0.4 is 10.6 Å². The molecule has 0 spiro atoms. The van der Waals surface area contributed by atoms with Crippen LogP contribution in [0.2, 0.25) is 0 Å². The maximum atomic E-state index is 11.8. The van der Waals surface area contributed by atoms with Gasteiger partial charge in [-0.1, -0.05) is 11.2 Å². The van der Waals surface area contributed by atoms with Crippen LogP contribution in [0, 0.1) is 6.92 Å². The molecule has 0 bridgehead atoms. The van der Waals surface area contributed by atoms with E-state index in [1.165, 1.54) is 17.5 Å². The van der Waals surface area contributed by atoms with Crippen molar-refractivity contribution < 1.29 is 9.32 Å². The smallest absolute Gasteiger partial charge is 0.324 e. The van der Waals surface area contributed by atoms with E-state index < -0.39 is 0 Å². The third-order valence-corrected chi connectivity index (χ3v) is 3.23. The number of nitrogens with zero attached hydrogens (tertiary/aromatic N) is 1. The highest BCUT2D eigenvalue weighted by Gasteiger charge is 2.12. The van der Waals surface area contributed by atoms with Gasteiger partial charge in [-0.25, -0.2) is 4.79 Å². The first-order chi connectivity index (χ1) is 9.20. The molecule has 98 valence electrons. The van der Waals surface area contributed by atoms with Crippen LogP contribution in [0.4, 0.5) is 16.3 Å². The Bertz CT molecular complexity index is 619. The Morgan fingerprint density at radius 3 is 2.84 bits per heavy atom. The van der Waals surface area contributed by atoms with Gasteiger partial charge >= 0.3 is 6.03 Å². The molecule has 0 saturated carbocycles. The topological polar surface area (TPSA) is 67.2 Å². The summed E-state index contributed by atoms with van der Waals surface area (Å²) in [4.78, 5) is 11.8. The van der Waals surface area contributed by atoms with E-state index in [1.807, 2.05) is 12.1 Å². The van der Waals surface area contributed by atoms with Gasteiger partial charge in [-0.3, -0.25) is 5.32 Å². The molecular weight excluding hydrogens is 242 g/mol. The lowest BCUT2D eigenvalue weighted by atomic mass is 10.1. The first kappa shape index (κ1) is 11.8. The molecular formula is C14H15N3O2. The number of fused-ring (bicyclic) bond motifs is 1. The Kier molecular flexibility index (Phi) is 2.95. The SMILES string of the molecule is Cc1cc(NC(=O)Nc2ccc3c(c2)CCC3)no1. The van der Waals surface area contributed by atoms with Crippen molar-refractivity contribution in [2.24, 2.45) is 0 Å². The number of benzene rings is 1. The summed E-state index contributed by atoms with van der Waals surface area (Å²) in [7, 11) is 0. The molecule has 0 atom stereocenters. The number of carbonyl (C=O) groups excluding carboxylic acids is 1. The van der Waals surface area contributed by atoms with E-state index in [1.54, 1.807) is 13.0 Å². The van der Waals surface area contributed by atoms with Crippen LogP contribution in [0.25, 0.3) is 0 Å². The molecule has 1 aromatic carbocycles. The van der Waals surface area contributed by atoms with Gasteiger partial charge in [-0.2, -0.15) is 0 Å². The average molecular weight is 257 g/mol. The van der Waals surface area contributed by atoms with E-state index in [0.29, 0.717) is 11.6 Å². The summed E-state index contributed by atoms with van der Waals surface area (Å²) < 4.78 is 4.88. The second-order valence-electron chi connectivity index (χ2n) is 4.74. The first-order valence-corrected chi connectivity index (χ1v) is 6.34. The van der Waals surface area contributed by atoms with Crippen molar-refractivity contribution in [3.05, 3.63) is 41.2 Å². The van der Waals surface area contributed by atoms with E-state index in [2.05, 4.69) is 21.9 Å². The molecule has 1 heterocycles. The van der Waals surface area contributed by atoms with Gasteiger partial charge in [0.05, 0.1) is 0 Å². The van der Waals surface area contributed by atoms with Crippen LogP contribution in [-0.2, 0) is 12.8 Å². The largest absolute Gasteiger partial charge is 0.360 e. The van der Waals surface area contributed by atoms with Crippen LogP contribution in [0.3, 0.4) is 0 Å². The minimum Gasteiger partial charge on any atom is -0.360 e. The highest BCUT2D eigenvalue weighted by Crippen LogP contribution is 2.24. The standard InChI is InChI=1S/C14H15N3O2/c1-9-7-13(17-19-9)16-14(18)15-12-6-5-10-3-2-4-11(10)8-12/h5-8H,2-4H2,1H3,(H2,15,16,17,18). The van der Waals surface area contributed by atoms with Gasteiger partial charge < -0.3 is 9.84 Å². The van der Waals surface area contributed by atoms with Crippen LogP contribution in [0.5, 0.6) is 0 Å². The molecule has 19 heavy (non-hydrogen) atoms. The second kappa shape index (κ2) is 4.76.